The first kappa shape index (κ1) is 16.5. The molecule has 0 fully saturated rings. The maximum atomic E-state index is 12.3. The first-order valence-corrected chi connectivity index (χ1v) is 8.14. The normalized spacial score (nSPS) is 18.1. The second-order valence-corrected chi connectivity index (χ2v) is 5.99. The zero-order valence-corrected chi connectivity index (χ0v) is 13.5. The molecule has 0 bridgehead atoms. The smallest absolute Gasteiger partial charge is 0.236 e. The number of hydrogen-bond donors (Lipinski definition) is 1. The van der Waals surface area contributed by atoms with Crippen LogP contribution in [0.1, 0.15) is 43.9 Å². The number of amides is 1. The lowest BCUT2D eigenvalue weighted by Crippen LogP contribution is -2.41. The molecule has 0 aromatic heterocycles. The van der Waals surface area contributed by atoms with Gasteiger partial charge in [0, 0.05) is 19.1 Å². The van der Waals surface area contributed by atoms with Crippen LogP contribution in [0.15, 0.2) is 24.3 Å². The summed E-state index contributed by atoms with van der Waals surface area (Å²) in [7, 11) is 0. The Morgan fingerprint density at radius 3 is 3.00 bits per heavy atom. The first-order chi connectivity index (χ1) is 10.7. The van der Waals surface area contributed by atoms with E-state index in [1.165, 1.54) is 11.1 Å². The molecule has 1 aliphatic rings. The minimum absolute atomic E-state index is 0.0765. The van der Waals surface area contributed by atoms with E-state index in [0.29, 0.717) is 19.6 Å². The highest BCUT2D eigenvalue weighted by Gasteiger charge is 2.21. The van der Waals surface area contributed by atoms with Crippen molar-refractivity contribution in [1.82, 2.24) is 10.2 Å². The van der Waals surface area contributed by atoms with Gasteiger partial charge in [0.05, 0.1) is 18.5 Å². The topological polar surface area (TPSA) is 56.1 Å². The molecule has 22 heavy (non-hydrogen) atoms. The molecule has 4 nitrogen and oxygen atoms in total. The molecule has 0 spiro atoms. The quantitative estimate of drug-likeness (QED) is 0.878. The van der Waals surface area contributed by atoms with Gasteiger partial charge in [0.15, 0.2) is 0 Å². The SMILES string of the molecule is CCN(CC(C)C#N)C(=O)CNC1CCCc2ccccc21. The number of nitriles is 1. The van der Waals surface area contributed by atoms with Crippen molar-refractivity contribution in [3.8, 4) is 6.07 Å². The van der Waals surface area contributed by atoms with Crippen LogP contribution in [0.4, 0.5) is 0 Å². The number of carbonyl (C=O) groups excluding carboxylic acids is 1. The lowest BCUT2D eigenvalue weighted by Gasteiger charge is -2.28. The second kappa shape index (κ2) is 7.95. The summed E-state index contributed by atoms with van der Waals surface area (Å²) < 4.78 is 0. The van der Waals surface area contributed by atoms with Gasteiger partial charge in [-0.1, -0.05) is 24.3 Å². The van der Waals surface area contributed by atoms with Crippen LogP contribution in [0.25, 0.3) is 0 Å². The van der Waals surface area contributed by atoms with Gasteiger partial charge in [-0.2, -0.15) is 5.26 Å². The molecular weight excluding hydrogens is 274 g/mol. The van der Waals surface area contributed by atoms with Crippen molar-refractivity contribution < 1.29 is 4.79 Å². The molecule has 0 radical (unpaired) electrons. The van der Waals surface area contributed by atoms with E-state index < -0.39 is 0 Å². The Morgan fingerprint density at radius 2 is 2.27 bits per heavy atom. The third-order valence-corrected chi connectivity index (χ3v) is 4.32. The maximum Gasteiger partial charge on any atom is 0.236 e. The Balaban J connectivity index is 1.93. The van der Waals surface area contributed by atoms with E-state index in [9.17, 15) is 4.79 Å². The zero-order valence-electron chi connectivity index (χ0n) is 13.5. The molecule has 2 rings (SSSR count). The summed E-state index contributed by atoms with van der Waals surface area (Å²) in [5, 5.41) is 12.3. The van der Waals surface area contributed by atoms with Crippen molar-refractivity contribution in [3.05, 3.63) is 35.4 Å². The second-order valence-electron chi connectivity index (χ2n) is 5.99. The third kappa shape index (κ3) is 4.08. The molecule has 0 heterocycles. The van der Waals surface area contributed by atoms with Crippen LogP contribution in [0, 0.1) is 17.2 Å². The molecule has 1 aliphatic carbocycles. The Bertz CT molecular complexity index is 550. The number of likely N-dealkylation sites (N-methyl/N-ethyl adjacent to an activating group) is 1. The molecule has 1 aromatic rings. The van der Waals surface area contributed by atoms with Crippen molar-refractivity contribution in [2.75, 3.05) is 19.6 Å². The van der Waals surface area contributed by atoms with Crippen LogP contribution < -0.4 is 5.32 Å². The highest BCUT2D eigenvalue weighted by atomic mass is 16.2. The van der Waals surface area contributed by atoms with Crippen LogP contribution in [0.3, 0.4) is 0 Å². The Labute approximate surface area is 133 Å². The molecule has 2 atom stereocenters. The summed E-state index contributed by atoms with van der Waals surface area (Å²) in [6.45, 7) is 5.30. The maximum absolute atomic E-state index is 12.3. The Morgan fingerprint density at radius 1 is 1.50 bits per heavy atom. The molecule has 1 N–H and O–H groups in total. The van der Waals surface area contributed by atoms with E-state index in [4.69, 9.17) is 5.26 Å². The van der Waals surface area contributed by atoms with Gasteiger partial charge in [0.2, 0.25) is 5.91 Å². The zero-order chi connectivity index (χ0) is 15.9. The van der Waals surface area contributed by atoms with E-state index in [-0.39, 0.29) is 17.9 Å². The fraction of sp³-hybridized carbons (Fsp3) is 0.556. The number of rotatable bonds is 6. The number of nitrogens with zero attached hydrogens (tertiary/aromatic N) is 2. The van der Waals surface area contributed by atoms with Crippen molar-refractivity contribution in [2.45, 2.75) is 39.2 Å². The Hall–Kier alpha value is -1.86. The average molecular weight is 299 g/mol. The summed E-state index contributed by atoms with van der Waals surface area (Å²) in [6.07, 6.45) is 3.36. The molecular formula is C18H25N3O. The summed E-state index contributed by atoms with van der Waals surface area (Å²) in [4.78, 5) is 14.1. The Kier molecular flexibility index (Phi) is 5.97. The lowest BCUT2D eigenvalue weighted by molar-refractivity contribution is -0.130. The van der Waals surface area contributed by atoms with Gasteiger partial charge >= 0.3 is 0 Å². The number of carbonyl (C=O) groups is 1. The third-order valence-electron chi connectivity index (χ3n) is 4.32. The number of fused-ring (bicyclic) bond motifs is 1. The van der Waals surface area contributed by atoms with E-state index in [1.54, 1.807) is 4.90 Å². The van der Waals surface area contributed by atoms with Gasteiger partial charge in [0.1, 0.15) is 0 Å². The van der Waals surface area contributed by atoms with Crippen molar-refractivity contribution in [1.29, 1.82) is 5.26 Å². The highest BCUT2D eigenvalue weighted by molar-refractivity contribution is 5.78. The van der Waals surface area contributed by atoms with Gasteiger partial charge < -0.3 is 10.2 Å². The molecule has 0 saturated heterocycles. The minimum Gasteiger partial charge on any atom is -0.341 e. The predicted octanol–water partition coefficient (Wildman–Crippen LogP) is 2.66. The monoisotopic (exact) mass is 299 g/mol. The predicted molar refractivity (Wildman–Crippen MR) is 87.2 cm³/mol. The van der Waals surface area contributed by atoms with Gasteiger partial charge in [-0.15, -0.1) is 0 Å². The lowest BCUT2D eigenvalue weighted by atomic mass is 9.88. The van der Waals surface area contributed by atoms with E-state index in [2.05, 4.69) is 35.7 Å². The summed E-state index contributed by atoms with van der Waals surface area (Å²) in [6, 6.07) is 10.9. The van der Waals surface area contributed by atoms with Crippen molar-refractivity contribution in [2.24, 2.45) is 5.92 Å². The van der Waals surface area contributed by atoms with Gasteiger partial charge in [-0.3, -0.25) is 4.79 Å². The molecule has 1 aromatic carbocycles. The molecule has 118 valence electrons. The minimum atomic E-state index is -0.126. The molecule has 0 aliphatic heterocycles. The van der Waals surface area contributed by atoms with Crippen molar-refractivity contribution in [3.63, 3.8) is 0 Å². The van der Waals surface area contributed by atoms with Crippen LogP contribution in [0.2, 0.25) is 0 Å². The van der Waals surface area contributed by atoms with E-state index in [0.717, 1.165) is 19.3 Å². The summed E-state index contributed by atoms with van der Waals surface area (Å²) in [5.41, 5.74) is 2.72. The molecule has 0 saturated carbocycles. The van der Waals surface area contributed by atoms with Crippen LogP contribution in [-0.4, -0.2) is 30.4 Å². The van der Waals surface area contributed by atoms with E-state index in [1.807, 2.05) is 13.8 Å². The molecule has 1 amide bonds. The summed E-state index contributed by atoms with van der Waals surface area (Å²) >= 11 is 0. The average Bonchev–Trinajstić information content (AvgIpc) is 2.57. The first-order valence-electron chi connectivity index (χ1n) is 8.14. The van der Waals surface area contributed by atoms with E-state index >= 15 is 0 Å². The van der Waals surface area contributed by atoms with Gasteiger partial charge in [0.25, 0.3) is 0 Å². The summed E-state index contributed by atoms with van der Waals surface area (Å²) in [5.74, 6) is -0.0491. The van der Waals surface area contributed by atoms with Gasteiger partial charge in [-0.05, 0) is 44.2 Å². The highest BCUT2D eigenvalue weighted by Crippen LogP contribution is 2.29. The molecule has 4 heteroatoms. The van der Waals surface area contributed by atoms with Crippen LogP contribution >= 0.6 is 0 Å². The van der Waals surface area contributed by atoms with Gasteiger partial charge in [-0.25, -0.2) is 0 Å². The van der Waals surface area contributed by atoms with Crippen LogP contribution in [-0.2, 0) is 11.2 Å². The van der Waals surface area contributed by atoms with Crippen molar-refractivity contribution >= 4 is 5.91 Å². The standard InChI is InChI=1S/C18H25N3O/c1-3-21(13-14(2)11-19)18(22)12-20-17-10-6-8-15-7-4-5-9-16(15)17/h4-5,7,9,14,17,20H,3,6,8,10,12-13H2,1-2H3. The number of hydrogen-bond acceptors (Lipinski definition) is 3. The fourth-order valence-corrected chi connectivity index (χ4v) is 3.07. The number of nitrogens with one attached hydrogen (secondary N) is 1. The van der Waals surface area contributed by atoms with Crippen LogP contribution in [0.5, 0.6) is 0 Å². The molecule has 2 unspecified atom stereocenters. The fourth-order valence-electron chi connectivity index (χ4n) is 3.07. The number of benzene rings is 1. The number of aryl methyl sites for hydroxylation is 1. The largest absolute Gasteiger partial charge is 0.341 e.